The first-order chi connectivity index (χ1) is 9.19. The molecule has 0 aliphatic carbocycles. The third kappa shape index (κ3) is 6.08. The number of sulfonamides is 1. The Labute approximate surface area is 127 Å². The van der Waals surface area contributed by atoms with Crippen molar-refractivity contribution in [3.05, 3.63) is 35.4 Å². The van der Waals surface area contributed by atoms with E-state index in [1.807, 2.05) is 0 Å². The van der Waals surface area contributed by atoms with Gasteiger partial charge in [0.25, 0.3) is 0 Å². The number of hydrogen-bond acceptors (Lipinski definition) is 4. The van der Waals surface area contributed by atoms with E-state index < -0.39 is 20.8 Å². The number of thiocarbonyl (C=S) groups is 1. The number of nitrogens with one attached hydrogen (secondary N) is 1. The molecule has 0 saturated carbocycles. The average Bonchev–Trinajstić information content (AvgIpc) is 2.26. The molecular formula is C12H18N2O3S3. The van der Waals surface area contributed by atoms with Crippen molar-refractivity contribution >= 4 is 38.0 Å². The van der Waals surface area contributed by atoms with Gasteiger partial charge in [-0.25, -0.2) is 13.1 Å². The second-order valence-electron chi connectivity index (χ2n) is 4.58. The van der Waals surface area contributed by atoms with E-state index in [-0.39, 0.29) is 22.5 Å². The Hall–Kier alpha value is -0.830. The van der Waals surface area contributed by atoms with E-state index in [4.69, 9.17) is 18.0 Å². The minimum atomic E-state index is -3.49. The van der Waals surface area contributed by atoms with Gasteiger partial charge in [0.2, 0.25) is 10.0 Å². The van der Waals surface area contributed by atoms with Gasteiger partial charge < -0.3 is 5.73 Å². The lowest BCUT2D eigenvalue weighted by Gasteiger charge is -2.13. The molecular weight excluding hydrogens is 316 g/mol. The number of rotatable bonds is 7. The van der Waals surface area contributed by atoms with Crippen LogP contribution in [0.25, 0.3) is 0 Å². The van der Waals surface area contributed by atoms with E-state index in [1.165, 1.54) is 6.26 Å². The molecule has 0 aliphatic rings. The van der Waals surface area contributed by atoms with Gasteiger partial charge in [0.05, 0.1) is 5.75 Å². The fourth-order valence-corrected chi connectivity index (χ4v) is 4.19. The van der Waals surface area contributed by atoms with E-state index in [1.54, 1.807) is 31.2 Å². The number of benzene rings is 1. The molecule has 0 amide bonds. The van der Waals surface area contributed by atoms with Crippen LogP contribution >= 0.6 is 12.2 Å². The van der Waals surface area contributed by atoms with Crippen molar-refractivity contribution in [3.63, 3.8) is 0 Å². The topological polar surface area (TPSA) is 89.3 Å². The zero-order chi connectivity index (χ0) is 15.3. The van der Waals surface area contributed by atoms with Gasteiger partial charge in [-0.15, -0.1) is 0 Å². The summed E-state index contributed by atoms with van der Waals surface area (Å²) in [6, 6.07) is 6.43. The maximum absolute atomic E-state index is 12.0. The lowest BCUT2D eigenvalue weighted by molar-refractivity contribution is 0.569. The first-order valence-corrected chi connectivity index (χ1v) is 9.67. The highest BCUT2D eigenvalue weighted by atomic mass is 32.2. The van der Waals surface area contributed by atoms with Gasteiger partial charge >= 0.3 is 0 Å². The highest BCUT2D eigenvalue weighted by Crippen LogP contribution is 2.09. The van der Waals surface area contributed by atoms with E-state index in [0.29, 0.717) is 11.1 Å². The molecule has 8 heteroatoms. The summed E-state index contributed by atoms with van der Waals surface area (Å²) in [6.45, 7) is 1.68. The minimum absolute atomic E-state index is 0.163. The molecule has 2 unspecified atom stereocenters. The molecule has 0 bridgehead atoms. The van der Waals surface area contributed by atoms with Crippen molar-refractivity contribution in [3.8, 4) is 0 Å². The molecule has 2 atom stereocenters. The zero-order valence-electron chi connectivity index (χ0n) is 11.3. The highest BCUT2D eigenvalue weighted by Gasteiger charge is 2.16. The summed E-state index contributed by atoms with van der Waals surface area (Å²) in [5, 5.41) is 0. The van der Waals surface area contributed by atoms with Crippen LogP contribution < -0.4 is 10.5 Å². The lowest BCUT2D eigenvalue weighted by Crippen LogP contribution is -2.36. The smallest absolute Gasteiger partial charge is 0.216 e. The second-order valence-corrected chi connectivity index (χ2v) is 8.26. The van der Waals surface area contributed by atoms with Crippen LogP contribution in [0.1, 0.15) is 18.1 Å². The van der Waals surface area contributed by atoms with E-state index in [0.717, 1.165) is 0 Å². The van der Waals surface area contributed by atoms with Crippen molar-refractivity contribution in [2.24, 2.45) is 5.73 Å². The molecule has 0 fully saturated rings. The summed E-state index contributed by atoms with van der Waals surface area (Å²) in [6.07, 6.45) is 1.54. The first-order valence-electron chi connectivity index (χ1n) is 5.88. The molecule has 0 saturated heterocycles. The Bertz CT molecular complexity index is 614. The molecule has 1 aromatic rings. The Kier molecular flexibility index (Phi) is 6.25. The monoisotopic (exact) mass is 334 g/mol. The molecule has 1 aromatic carbocycles. The Morgan fingerprint density at radius 2 is 2.15 bits per heavy atom. The first kappa shape index (κ1) is 17.2. The third-order valence-electron chi connectivity index (χ3n) is 2.43. The van der Waals surface area contributed by atoms with Gasteiger partial charge in [-0.05, 0) is 18.6 Å². The van der Waals surface area contributed by atoms with Gasteiger partial charge in [-0.2, -0.15) is 0 Å². The quantitative estimate of drug-likeness (QED) is 0.709. The van der Waals surface area contributed by atoms with Crippen LogP contribution in [0.2, 0.25) is 0 Å². The van der Waals surface area contributed by atoms with Crippen molar-refractivity contribution in [2.45, 2.75) is 18.7 Å². The molecule has 1 rings (SSSR count). The van der Waals surface area contributed by atoms with Crippen LogP contribution in [0.4, 0.5) is 0 Å². The van der Waals surface area contributed by atoms with Crippen molar-refractivity contribution in [1.29, 1.82) is 0 Å². The molecule has 0 radical (unpaired) electrons. The minimum Gasteiger partial charge on any atom is -0.389 e. The van der Waals surface area contributed by atoms with Gasteiger partial charge in [-0.3, -0.25) is 4.21 Å². The Balaban J connectivity index is 2.78. The maximum Gasteiger partial charge on any atom is 0.216 e. The molecule has 0 aromatic heterocycles. The van der Waals surface area contributed by atoms with Gasteiger partial charge in [0.15, 0.2) is 0 Å². The summed E-state index contributed by atoms with van der Waals surface area (Å²) >= 11 is 4.86. The van der Waals surface area contributed by atoms with Crippen molar-refractivity contribution in [1.82, 2.24) is 4.72 Å². The molecule has 112 valence electrons. The molecule has 20 heavy (non-hydrogen) atoms. The second kappa shape index (κ2) is 7.26. The lowest BCUT2D eigenvalue weighted by atomic mass is 10.1. The van der Waals surface area contributed by atoms with Crippen LogP contribution in [0, 0.1) is 0 Å². The zero-order valence-corrected chi connectivity index (χ0v) is 13.8. The molecule has 0 spiro atoms. The van der Waals surface area contributed by atoms with Crippen LogP contribution in [-0.2, 0) is 26.6 Å². The Morgan fingerprint density at radius 1 is 1.50 bits per heavy atom. The van der Waals surface area contributed by atoms with Gasteiger partial charge in [0.1, 0.15) is 4.99 Å². The third-order valence-corrected chi connectivity index (χ3v) is 5.11. The fourth-order valence-electron chi connectivity index (χ4n) is 1.77. The number of nitrogens with two attached hydrogens (primary N) is 1. The van der Waals surface area contributed by atoms with Crippen LogP contribution in [0.5, 0.6) is 0 Å². The Morgan fingerprint density at radius 3 is 2.70 bits per heavy atom. The summed E-state index contributed by atoms with van der Waals surface area (Å²) in [5.74, 6) is 0.121. The molecule has 5 nitrogen and oxygen atoms in total. The van der Waals surface area contributed by atoms with Crippen molar-refractivity contribution in [2.75, 3.05) is 12.0 Å². The van der Waals surface area contributed by atoms with E-state index in [9.17, 15) is 12.6 Å². The predicted molar refractivity (Wildman–Crippen MR) is 86.5 cm³/mol. The fraction of sp³-hybridized carbons (Fsp3) is 0.417. The highest BCUT2D eigenvalue weighted by molar-refractivity contribution is 7.88. The normalized spacial score (nSPS) is 14.7. The van der Waals surface area contributed by atoms with Crippen LogP contribution in [0.3, 0.4) is 0 Å². The largest absolute Gasteiger partial charge is 0.389 e. The summed E-state index contributed by atoms with van der Waals surface area (Å²) in [4.78, 5) is 0.229. The van der Waals surface area contributed by atoms with Crippen LogP contribution in [0.15, 0.2) is 24.3 Å². The standard InChI is InChI=1S/C12H18N2O3S3/c1-9(7-19(2)15)14-20(16,17)8-10-4-3-5-11(6-10)12(13)18/h3-6,9,14H,7-8H2,1-2H3,(H2,13,18). The molecule has 0 heterocycles. The average molecular weight is 334 g/mol. The molecule has 0 aliphatic heterocycles. The maximum atomic E-state index is 12.0. The summed E-state index contributed by atoms with van der Waals surface area (Å²) < 4.78 is 37.6. The van der Waals surface area contributed by atoms with Gasteiger partial charge in [-0.1, -0.05) is 30.4 Å². The van der Waals surface area contributed by atoms with Crippen LogP contribution in [-0.4, -0.2) is 35.7 Å². The molecule has 3 N–H and O–H groups in total. The van der Waals surface area contributed by atoms with E-state index >= 15 is 0 Å². The summed E-state index contributed by atoms with van der Waals surface area (Å²) in [7, 11) is -4.54. The predicted octanol–water partition coefficient (Wildman–Crippen LogP) is 0.507. The van der Waals surface area contributed by atoms with Gasteiger partial charge in [0, 0.05) is 34.4 Å². The van der Waals surface area contributed by atoms with Crippen molar-refractivity contribution < 1.29 is 12.6 Å². The van der Waals surface area contributed by atoms with E-state index in [2.05, 4.69) is 4.72 Å². The summed E-state index contributed by atoms with van der Waals surface area (Å²) in [5.41, 5.74) is 6.75. The number of hydrogen-bond donors (Lipinski definition) is 2. The SMILES string of the molecule is CC(CS(C)=O)NS(=O)(=O)Cc1cccc(C(N)=S)c1.